The minimum Gasteiger partial charge on any atom is -0.152 e. The third-order valence-corrected chi connectivity index (χ3v) is 8.70. The van der Waals surface area contributed by atoms with Crippen molar-refractivity contribution in [2.45, 2.75) is 39.5 Å². The van der Waals surface area contributed by atoms with Gasteiger partial charge in [-0.15, -0.1) is 49.8 Å². The molecule has 0 aromatic heterocycles. The van der Waals surface area contributed by atoms with E-state index < -0.39 is 0 Å². The number of hydrogen-bond donors (Lipinski definition) is 0. The topological polar surface area (TPSA) is 0 Å². The van der Waals surface area contributed by atoms with Crippen LogP contribution >= 0.6 is 30.8 Å². The van der Waals surface area contributed by atoms with Crippen LogP contribution in [0.1, 0.15) is 56.4 Å². The average Bonchev–Trinajstić information content (AvgIpc) is 2.78. The molecular formula is C27H31BILiP. The maximum atomic E-state index is 2.42. The van der Waals surface area contributed by atoms with Crippen LogP contribution in [-0.2, 0) is 5.41 Å². The van der Waals surface area contributed by atoms with Gasteiger partial charge in [-0.25, -0.2) is 0 Å². The molecule has 0 nitrogen and oxygen atoms in total. The Morgan fingerprint density at radius 1 is 0.774 bits per heavy atom. The third-order valence-electron chi connectivity index (χ3n) is 6.06. The molecule has 0 heterocycles. The Kier molecular flexibility index (Phi) is 10.3. The molecule has 1 radical (unpaired) electrons. The minimum atomic E-state index is -0.0142. The van der Waals surface area contributed by atoms with Crippen molar-refractivity contribution in [1.29, 1.82) is 0 Å². The molecule has 0 aliphatic carbocycles. The van der Waals surface area contributed by atoms with Gasteiger partial charge in [0.15, 0.2) is 0 Å². The van der Waals surface area contributed by atoms with Gasteiger partial charge in [-0.2, -0.15) is 22.4 Å². The molecule has 3 rings (SSSR count). The van der Waals surface area contributed by atoms with Crippen LogP contribution in [0.3, 0.4) is 0 Å². The van der Waals surface area contributed by atoms with Gasteiger partial charge in [-0.1, -0.05) is 93.9 Å². The number of benzene rings is 3. The SMILES string of the molecule is C[C-](c1ccccc1)c1ccc(C(C)(CC(C)(C)CP[B]I)c2ccccc2)cc1.[Li+]. The van der Waals surface area contributed by atoms with E-state index in [-0.39, 0.29) is 29.7 Å². The summed E-state index contributed by atoms with van der Waals surface area (Å²) in [4.78, 5) is 2.29. The Morgan fingerprint density at radius 2 is 1.26 bits per heavy atom. The summed E-state index contributed by atoms with van der Waals surface area (Å²) < 4.78 is 0. The summed E-state index contributed by atoms with van der Waals surface area (Å²) in [5, 5.41) is 0. The molecule has 0 fully saturated rings. The van der Waals surface area contributed by atoms with Crippen molar-refractivity contribution in [1.82, 2.24) is 0 Å². The molecule has 0 aliphatic rings. The summed E-state index contributed by atoms with van der Waals surface area (Å²) in [6.45, 7) is 9.47. The molecule has 2 unspecified atom stereocenters. The summed E-state index contributed by atoms with van der Waals surface area (Å²) in [6, 6.07) is 31.0. The zero-order valence-corrected chi connectivity index (χ0v) is 22.6. The fraction of sp³-hybridized carbons (Fsp3) is 0.296. The first kappa shape index (κ1) is 26.6. The molecule has 0 saturated carbocycles. The van der Waals surface area contributed by atoms with E-state index in [2.05, 4.69) is 140 Å². The van der Waals surface area contributed by atoms with Crippen LogP contribution in [-0.4, -0.2) is 11.0 Å². The van der Waals surface area contributed by atoms with Crippen molar-refractivity contribution in [3.05, 3.63) is 113 Å². The smallest absolute Gasteiger partial charge is 0.152 e. The zero-order valence-electron chi connectivity index (χ0n) is 19.5. The molecule has 4 heteroatoms. The zero-order chi connectivity index (χ0) is 21.6. The van der Waals surface area contributed by atoms with E-state index in [0.29, 0.717) is 0 Å². The summed E-state index contributed by atoms with van der Waals surface area (Å²) in [5.74, 6) is 1.32. The average molecular weight is 531 g/mol. The van der Waals surface area contributed by atoms with Crippen LogP contribution in [0.4, 0.5) is 0 Å². The van der Waals surface area contributed by atoms with Gasteiger partial charge in [-0.3, -0.25) is 0 Å². The molecule has 3 aromatic carbocycles. The maximum absolute atomic E-state index is 2.42. The van der Waals surface area contributed by atoms with Crippen molar-refractivity contribution in [3.63, 3.8) is 0 Å². The minimum absolute atomic E-state index is 0. The Labute approximate surface area is 217 Å². The normalized spacial score (nSPS) is 13.5. The quantitative estimate of drug-likeness (QED) is 0.157. The fourth-order valence-electron chi connectivity index (χ4n) is 4.45. The first-order valence-corrected chi connectivity index (χ1v) is 13.1. The predicted octanol–water partition coefficient (Wildman–Crippen LogP) is 5.05. The monoisotopic (exact) mass is 531 g/mol. The number of halogens is 1. The van der Waals surface area contributed by atoms with Gasteiger partial charge in [0.05, 0.1) is 0 Å². The molecule has 0 aliphatic heterocycles. The van der Waals surface area contributed by atoms with Gasteiger partial charge in [0.25, 0.3) is 0 Å². The Bertz CT molecular complexity index is 915. The molecular weight excluding hydrogens is 500 g/mol. The number of rotatable bonds is 9. The number of hydrogen-bond acceptors (Lipinski definition) is 0. The molecule has 2 atom stereocenters. The standard InChI is InChI=1S/C27H31BIP.Li/c1-21(22-11-7-5-8-12-22)23-15-17-25(18-16-23)27(4,24-13-9-6-10-14-24)19-26(2,3)20-30-28-29;/h5-18,30H,19-20H2,1-4H3;/q-1;+1. The van der Waals surface area contributed by atoms with Crippen molar-refractivity contribution in [3.8, 4) is 0 Å². The summed E-state index contributed by atoms with van der Waals surface area (Å²) in [7, 11) is 0.904. The van der Waals surface area contributed by atoms with E-state index in [0.717, 1.165) is 14.9 Å². The van der Waals surface area contributed by atoms with Gasteiger partial charge in [0, 0.05) is 5.41 Å². The van der Waals surface area contributed by atoms with E-state index in [1.54, 1.807) is 0 Å². The van der Waals surface area contributed by atoms with Gasteiger partial charge < -0.3 is 0 Å². The molecule has 0 saturated heterocycles. The summed E-state index contributed by atoms with van der Waals surface area (Å²) in [5.41, 5.74) is 5.63. The Hall–Kier alpha value is -0.648. The van der Waals surface area contributed by atoms with Crippen molar-refractivity contribution >= 4 is 35.7 Å². The maximum Gasteiger partial charge on any atom is 1.00 e. The molecule has 0 N–H and O–H groups in total. The first-order valence-electron chi connectivity index (χ1n) is 10.6. The molecule has 0 spiro atoms. The van der Waals surface area contributed by atoms with Crippen LogP contribution in [0.2, 0.25) is 0 Å². The second kappa shape index (κ2) is 12.0. The van der Waals surface area contributed by atoms with E-state index >= 15 is 0 Å². The Morgan fingerprint density at radius 3 is 1.81 bits per heavy atom. The fourth-order valence-corrected chi connectivity index (χ4v) is 5.87. The second-order valence-electron chi connectivity index (χ2n) is 9.10. The molecule has 31 heavy (non-hydrogen) atoms. The van der Waals surface area contributed by atoms with Crippen LogP contribution in [0.5, 0.6) is 0 Å². The third kappa shape index (κ3) is 6.92. The second-order valence-corrected chi connectivity index (χ2v) is 11.9. The largest absolute Gasteiger partial charge is 1.00 e. The predicted molar refractivity (Wildman–Crippen MR) is 144 cm³/mol. The molecule has 3 aromatic rings. The van der Waals surface area contributed by atoms with Crippen LogP contribution in [0, 0.1) is 11.3 Å². The van der Waals surface area contributed by atoms with E-state index in [4.69, 9.17) is 0 Å². The van der Waals surface area contributed by atoms with Crippen molar-refractivity contribution < 1.29 is 18.9 Å². The summed E-state index contributed by atoms with van der Waals surface area (Å²) >= 11 is 2.39. The van der Waals surface area contributed by atoms with Gasteiger partial charge >= 0.3 is 18.9 Å². The van der Waals surface area contributed by atoms with Gasteiger partial charge in [-0.05, 0) is 23.6 Å². The van der Waals surface area contributed by atoms with E-state index in [9.17, 15) is 0 Å². The van der Waals surface area contributed by atoms with Gasteiger partial charge in [0.1, 0.15) is 0 Å². The van der Waals surface area contributed by atoms with Crippen molar-refractivity contribution in [2.24, 2.45) is 5.41 Å². The molecule has 0 bridgehead atoms. The van der Waals surface area contributed by atoms with E-state index in [1.807, 2.05) is 0 Å². The van der Waals surface area contributed by atoms with Crippen LogP contribution in [0.15, 0.2) is 84.9 Å². The first-order chi connectivity index (χ1) is 14.4. The molecule has 155 valence electrons. The van der Waals surface area contributed by atoms with Crippen molar-refractivity contribution in [2.75, 3.05) is 6.16 Å². The van der Waals surface area contributed by atoms with Gasteiger partial charge in [0.2, 0.25) is 4.86 Å². The van der Waals surface area contributed by atoms with E-state index in [1.165, 1.54) is 34.3 Å². The Balaban J connectivity index is 0.00000341. The summed E-state index contributed by atoms with van der Waals surface area (Å²) in [6.07, 6.45) is 2.36. The molecule has 0 amide bonds. The van der Waals surface area contributed by atoms with Crippen LogP contribution < -0.4 is 18.9 Å². The van der Waals surface area contributed by atoms with Crippen LogP contribution in [0.25, 0.3) is 0 Å².